The van der Waals surface area contributed by atoms with Crippen molar-refractivity contribution in [1.82, 2.24) is 9.55 Å². The Morgan fingerprint density at radius 2 is 1.97 bits per heavy atom. The van der Waals surface area contributed by atoms with Gasteiger partial charge in [-0.2, -0.15) is 0 Å². The maximum Gasteiger partial charge on any atom is 0.338 e. The Labute approximate surface area is 168 Å². The number of allylic oxidation sites excluding steroid dienone is 1. The van der Waals surface area contributed by atoms with Crippen LogP contribution in [0.15, 0.2) is 53.7 Å². The monoisotopic (exact) mass is 393 g/mol. The summed E-state index contributed by atoms with van der Waals surface area (Å²) in [4.78, 5) is 17.7. The molecule has 2 aromatic carbocycles. The zero-order valence-corrected chi connectivity index (χ0v) is 16.9. The molecule has 7 heteroatoms. The van der Waals surface area contributed by atoms with Crippen molar-refractivity contribution in [2.75, 3.05) is 26.1 Å². The second kappa shape index (κ2) is 7.50. The van der Waals surface area contributed by atoms with E-state index in [-0.39, 0.29) is 5.97 Å². The number of nitrogens with zero attached hydrogens (tertiary/aromatic N) is 2. The molecule has 29 heavy (non-hydrogen) atoms. The molecule has 150 valence electrons. The third kappa shape index (κ3) is 3.08. The fourth-order valence-electron chi connectivity index (χ4n) is 3.78. The average Bonchev–Trinajstić information content (AvgIpc) is 3.10. The molecule has 1 aliphatic rings. The van der Waals surface area contributed by atoms with E-state index in [4.69, 9.17) is 19.2 Å². The number of carbonyl (C=O) groups is 1. The lowest BCUT2D eigenvalue weighted by Gasteiger charge is -2.31. The SMILES string of the molecule is CCOC(=O)C1=C(C)Nc2nc3ccccc3n2[C@@H]1c1ccc(OC)cc1OC. The molecule has 1 atom stereocenters. The summed E-state index contributed by atoms with van der Waals surface area (Å²) in [7, 11) is 3.21. The van der Waals surface area contributed by atoms with Gasteiger partial charge in [-0.3, -0.25) is 4.57 Å². The highest BCUT2D eigenvalue weighted by molar-refractivity contribution is 5.94. The van der Waals surface area contributed by atoms with E-state index in [0.717, 1.165) is 16.6 Å². The number of imidazole rings is 1. The van der Waals surface area contributed by atoms with Crippen LogP contribution in [0, 0.1) is 0 Å². The lowest BCUT2D eigenvalue weighted by atomic mass is 9.94. The zero-order chi connectivity index (χ0) is 20.5. The van der Waals surface area contributed by atoms with Gasteiger partial charge in [0.2, 0.25) is 5.95 Å². The predicted octanol–water partition coefficient (Wildman–Crippen LogP) is 3.91. The molecular formula is C22H23N3O4. The normalized spacial score (nSPS) is 15.7. The first-order chi connectivity index (χ1) is 14.1. The molecule has 1 N–H and O–H groups in total. The van der Waals surface area contributed by atoms with Crippen molar-refractivity contribution in [3.63, 3.8) is 0 Å². The van der Waals surface area contributed by atoms with Crippen molar-refractivity contribution in [2.45, 2.75) is 19.9 Å². The minimum absolute atomic E-state index is 0.291. The summed E-state index contributed by atoms with van der Waals surface area (Å²) in [5.74, 6) is 1.59. The fourth-order valence-corrected chi connectivity index (χ4v) is 3.78. The Bertz CT molecular complexity index is 1120. The number of anilines is 1. The van der Waals surface area contributed by atoms with Gasteiger partial charge in [0.15, 0.2) is 0 Å². The number of fused-ring (bicyclic) bond motifs is 3. The topological polar surface area (TPSA) is 74.6 Å². The van der Waals surface area contributed by atoms with Crippen molar-refractivity contribution in [3.8, 4) is 11.5 Å². The number of benzene rings is 2. The van der Waals surface area contributed by atoms with Crippen molar-refractivity contribution in [2.24, 2.45) is 0 Å². The molecule has 0 saturated carbocycles. The van der Waals surface area contributed by atoms with Crippen LogP contribution >= 0.6 is 0 Å². The van der Waals surface area contributed by atoms with E-state index >= 15 is 0 Å². The number of hydrogen-bond acceptors (Lipinski definition) is 6. The molecule has 4 rings (SSSR count). The molecule has 0 radical (unpaired) electrons. The Kier molecular flexibility index (Phi) is 4.88. The number of aromatic nitrogens is 2. The number of carbonyl (C=O) groups excluding carboxylic acids is 1. The summed E-state index contributed by atoms with van der Waals surface area (Å²) in [5, 5.41) is 3.26. The van der Waals surface area contributed by atoms with Crippen molar-refractivity contribution >= 4 is 23.0 Å². The standard InChI is InChI=1S/C22H23N3O4/c1-5-29-21(26)19-13(2)23-22-24-16-8-6-7-9-17(16)25(22)20(19)15-11-10-14(27-3)12-18(15)28-4/h6-12,20H,5H2,1-4H3,(H,23,24)/t20-/m1/s1. The first kappa shape index (κ1) is 18.9. The first-order valence-corrected chi connectivity index (χ1v) is 9.42. The van der Waals surface area contributed by atoms with Gasteiger partial charge in [-0.25, -0.2) is 9.78 Å². The van der Waals surface area contributed by atoms with Crippen molar-refractivity contribution in [1.29, 1.82) is 0 Å². The lowest BCUT2D eigenvalue weighted by Crippen LogP contribution is -2.29. The zero-order valence-electron chi connectivity index (χ0n) is 16.9. The van der Waals surface area contributed by atoms with E-state index in [0.29, 0.717) is 35.3 Å². The summed E-state index contributed by atoms with van der Waals surface area (Å²) in [5.41, 5.74) is 3.79. The quantitative estimate of drug-likeness (QED) is 0.663. The fraction of sp³-hybridized carbons (Fsp3) is 0.273. The Hall–Kier alpha value is -3.48. The Balaban J connectivity index is 2.00. The van der Waals surface area contributed by atoms with E-state index in [1.807, 2.05) is 54.0 Å². The van der Waals surface area contributed by atoms with Crippen LogP contribution in [0.3, 0.4) is 0 Å². The largest absolute Gasteiger partial charge is 0.497 e. The average molecular weight is 393 g/mol. The molecule has 0 spiro atoms. The van der Waals surface area contributed by atoms with Crippen molar-refractivity contribution < 1.29 is 19.0 Å². The van der Waals surface area contributed by atoms with Crippen LogP contribution in [0.25, 0.3) is 11.0 Å². The number of methoxy groups -OCH3 is 2. The van der Waals surface area contributed by atoms with E-state index in [1.165, 1.54) is 0 Å². The van der Waals surface area contributed by atoms with Crippen LogP contribution in [0.4, 0.5) is 5.95 Å². The molecule has 0 bridgehead atoms. The highest BCUT2D eigenvalue weighted by Gasteiger charge is 2.36. The maximum atomic E-state index is 13.0. The van der Waals surface area contributed by atoms with Crippen LogP contribution in [-0.2, 0) is 9.53 Å². The minimum Gasteiger partial charge on any atom is -0.497 e. The van der Waals surface area contributed by atoms with Gasteiger partial charge >= 0.3 is 5.97 Å². The molecule has 0 amide bonds. The maximum absolute atomic E-state index is 13.0. The van der Waals surface area contributed by atoms with Crippen LogP contribution < -0.4 is 14.8 Å². The third-order valence-electron chi connectivity index (χ3n) is 5.06. The number of nitrogens with one attached hydrogen (secondary N) is 1. The predicted molar refractivity (Wildman–Crippen MR) is 110 cm³/mol. The second-order valence-electron chi connectivity index (χ2n) is 6.69. The molecule has 0 saturated heterocycles. The van der Waals surface area contributed by atoms with Gasteiger partial charge in [-0.05, 0) is 38.1 Å². The van der Waals surface area contributed by atoms with Gasteiger partial charge in [0.25, 0.3) is 0 Å². The van der Waals surface area contributed by atoms with Gasteiger partial charge in [0.1, 0.15) is 11.5 Å². The first-order valence-electron chi connectivity index (χ1n) is 9.42. The van der Waals surface area contributed by atoms with Gasteiger partial charge in [-0.15, -0.1) is 0 Å². The molecular weight excluding hydrogens is 370 g/mol. The number of rotatable bonds is 5. The summed E-state index contributed by atoms with van der Waals surface area (Å²) >= 11 is 0. The summed E-state index contributed by atoms with van der Waals surface area (Å²) < 4.78 is 18.4. The Morgan fingerprint density at radius 1 is 1.17 bits per heavy atom. The van der Waals surface area contributed by atoms with Crippen LogP contribution in [0.5, 0.6) is 11.5 Å². The van der Waals surface area contributed by atoms with Gasteiger partial charge in [0.05, 0.1) is 43.5 Å². The van der Waals surface area contributed by atoms with E-state index in [9.17, 15) is 4.79 Å². The van der Waals surface area contributed by atoms with Crippen molar-refractivity contribution in [3.05, 3.63) is 59.3 Å². The Morgan fingerprint density at radius 3 is 2.69 bits per heavy atom. The van der Waals surface area contributed by atoms with Crippen LogP contribution in [-0.4, -0.2) is 36.3 Å². The van der Waals surface area contributed by atoms with Gasteiger partial charge in [-0.1, -0.05) is 12.1 Å². The second-order valence-corrected chi connectivity index (χ2v) is 6.69. The number of hydrogen-bond donors (Lipinski definition) is 1. The molecule has 0 fully saturated rings. The van der Waals surface area contributed by atoms with Crippen LogP contribution in [0.2, 0.25) is 0 Å². The number of para-hydroxylation sites is 2. The van der Waals surface area contributed by atoms with E-state index < -0.39 is 6.04 Å². The van der Waals surface area contributed by atoms with Gasteiger partial charge in [0, 0.05) is 17.3 Å². The number of ether oxygens (including phenoxy) is 3. The molecule has 1 aromatic heterocycles. The smallest absolute Gasteiger partial charge is 0.338 e. The lowest BCUT2D eigenvalue weighted by molar-refractivity contribution is -0.139. The summed E-state index contributed by atoms with van der Waals surface area (Å²) in [6.45, 7) is 3.95. The molecule has 3 aromatic rings. The van der Waals surface area contributed by atoms with Crippen LogP contribution in [0.1, 0.15) is 25.5 Å². The molecule has 1 aliphatic heterocycles. The highest BCUT2D eigenvalue weighted by atomic mass is 16.5. The highest BCUT2D eigenvalue weighted by Crippen LogP contribution is 2.43. The molecule has 2 heterocycles. The number of esters is 1. The van der Waals surface area contributed by atoms with E-state index in [1.54, 1.807) is 21.1 Å². The third-order valence-corrected chi connectivity index (χ3v) is 5.06. The van der Waals surface area contributed by atoms with Gasteiger partial charge < -0.3 is 19.5 Å². The summed E-state index contributed by atoms with van der Waals surface area (Å²) in [6, 6.07) is 13.0. The molecule has 0 aliphatic carbocycles. The molecule has 0 unspecified atom stereocenters. The summed E-state index contributed by atoms with van der Waals surface area (Å²) in [6.07, 6.45) is 0. The molecule has 7 nitrogen and oxygen atoms in total. The minimum atomic E-state index is -0.460. The van der Waals surface area contributed by atoms with E-state index in [2.05, 4.69) is 5.32 Å².